The second-order valence-electron chi connectivity index (χ2n) is 7.72. The molecule has 5 nitrogen and oxygen atoms in total. The zero-order chi connectivity index (χ0) is 21.4. The minimum atomic E-state index is -0.573. The highest BCUT2D eigenvalue weighted by Crippen LogP contribution is 2.19. The molecule has 0 aromatic heterocycles. The third kappa shape index (κ3) is 6.93. The van der Waals surface area contributed by atoms with E-state index >= 15 is 0 Å². The van der Waals surface area contributed by atoms with Gasteiger partial charge in [0.1, 0.15) is 11.8 Å². The van der Waals surface area contributed by atoms with Crippen molar-refractivity contribution in [3.8, 4) is 5.75 Å². The number of ether oxygens (including phenoxy) is 1. The first-order valence-corrected chi connectivity index (χ1v) is 10.1. The number of carbonyl (C=O) groups excluding carboxylic acids is 2. The fourth-order valence-corrected chi connectivity index (χ4v) is 3.16. The lowest BCUT2D eigenvalue weighted by molar-refractivity contribution is -0.141. The van der Waals surface area contributed by atoms with Crippen molar-refractivity contribution in [2.45, 2.75) is 53.1 Å². The molecule has 1 N–H and O–H groups in total. The van der Waals surface area contributed by atoms with Crippen LogP contribution in [0, 0.1) is 13.8 Å². The van der Waals surface area contributed by atoms with Crippen molar-refractivity contribution in [3.63, 3.8) is 0 Å². The van der Waals surface area contributed by atoms with Gasteiger partial charge in [0.2, 0.25) is 5.91 Å². The van der Waals surface area contributed by atoms with E-state index in [0.717, 1.165) is 16.7 Å². The van der Waals surface area contributed by atoms with Gasteiger partial charge in [-0.05, 0) is 58.2 Å². The summed E-state index contributed by atoms with van der Waals surface area (Å²) in [5, 5.41) is 2.89. The number of hydrogen-bond donors (Lipinski definition) is 1. The molecule has 2 rings (SSSR count). The standard InChI is InChI=1S/C24H32N2O3/c1-17(2)25-24(28)20(5)26(14-13-21-9-7-6-8-10-21)23(27)16-29-22-12-11-18(3)15-19(22)4/h6-12,15,17,20H,13-14,16H2,1-5H3,(H,25,28). The van der Waals surface area contributed by atoms with Crippen LogP contribution >= 0.6 is 0 Å². The van der Waals surface area contributed by atoms with Gasteiger partial charge >= 0.3 is 0 Å². The molecule has 0 saturated heterocycles. The summed E-state index contributed by atoms with van der Waals surface area (Å²) < 4.78 is 5.77. The number of amides is 2. The fraction of sp³-hybridized carbons (Fsp3) is 0.417. The quantitative estimate of drug-likeness (QED) is 0.704. The predicted molar refractivity (Wildman–Crippen MR) is 116 cm³/mol. The smallest absolute Gasteiger partial charge is 0.261 e. The Bertz CT molecular complexity index is 818. The molecule has 2 aromatic carbocycles. The Morgan fingerprint density at radius 2 is 1.72 bits per heavy atom. The van der Waals surface area contributed by atoms with E-state index in [-0.39, 0.29) is 24.5 Å². The molecule has 29 heavy (non-hydrogen) atoms. The number of aryl methyl sites for hydroxylation is 2. The molecular formula is C24H32N2O3. The summed E-state index contributed by atoms with van der Waals surface area (Å²) >= 11 is 0. The molecule has 2 aromatic rings. The van der Waals surface area contributed by atoms with Crippen LogP contribution in [0.2, 0.25) is 0 Å². The van der Waals surface area contributed by atoms with Crippen LogP contribution in [0.25, 0.3) is 0 Å². The van der Waals surface area contributed by atoms with E-state index in [1.165, 1.54) is 0 Å². The van der Waals surface area contributed by atoms with Crippen molar-refractivity contribution >= 4 is 11.8 Å². The second kappa shape index (κ2) is 10.6. The highest BCUT2D eigenvalue weighted by molar-refractivity contribution is 5.88. The van der Waals surface area contributed by atoms with Crippen LogP contribution in [0.3, 0.4) is 0 Å². The Morgan fingerprint density at radius 3 is 2.34 bits per heavy atom. The summed E-state index contributed by atoms with van der Waals surface area (Å²) in [6.07, 6.45) is 0.676. The molecule has 2 amide bonds. The Kier molecular flexibility index (Phi) is 8.25. The molecule has 0 spiro atoms. The average Bonchev–Trinajstić information content (AvgIpc) is 2.67. The fourth-order valence-electron chi connectivity index (χ4n) is 3.16. The molecule has 0 aliphatic rings. The molecule has 0 radical (unpaired) electrons. The Morgan fingerprint density at radius 1 is 1.03 bits per heavy atom. The van der Waals surface area contributed by atoms with Gasteiger partial charge in [-0.3, -0.25) is 9.59 Å². The van der Waals surface area contributed by atoms with E-state index in [2.05, 4.69) is 5.32 Å². The third-order valence-corrected chi connectivity index (χ3v) is 4.76. The maximum absolute atomic E-state index is 13.0. The lowest BCUT2D eigenvalue weighted by Crippen LogP contribution is -2.51. The average molecular weight is 397 g/mol. The van der Waals surface area contributed by atoms with E-state index < -0.39 is 6.04 Å². The topological polar surface area (TPSA) is 58.6 Å². The predicted octanol–water partition coefficient (Wildman–Crippen LogP) is 3.67. The Labute approximate surface area is 174 Å². The molecule has 1 atom stereocenters. The monoisotopic (exact) mass is 396 g/mol. The molecular weight excluding hydrogens is 364 g/mol. The third-order valence-electron chi connectivity index (χ3n) is 4.76. The maximum atomic E-state index is 13.0. The van der Waals surface area contributed by atoms with Crippen LogP contribution in [0.5, 0.6) is 5.75 Å². The van der Waals surface area contributed by atoms with Gasteiger partial charge in [-0.15, -0.1) is 0 Å². The van der Waals surface area contributed by atoms with Gasteiger partial charge in [-0.25, -0.2) is 0 Å². The van der Waals surface area contributed by atoms with Crippen molar-refractivity contribution < 1.29 is 14.3 Å². The Hall–Kier alpha value is -2.82. The lowest BCUT2D eigenvalue weighted by atomic mass is 10.1. The van der Waals surface area contributed by atoms with Gasteiger partial charge in [0.05, 0.1) is 0 Å². The van der Waals surface area contributed by atoms with Gasteiger partial charge in [0.15, 0.2) is 6.61 Å². The SMILES string of the molecule is Cc1ccc(OCC(=O)N(CCc2ccccc2)C(C)C(=O)NC(C)C)c(C)c1. The van der Waals surface area contributed by atoms with E-state index in [1.807, 2.05) is 76.2 Å². The van der Waals surface area contributed by atoms with Gasteiger partial charge < -0.3 is 15.0 Å². The molecule has 1 unspecified atom stereocenters. The molecule has 0 bridgehead atoms. The summed E-state index contributed by atoms with van der Waals surface area (Å²) in [6.45, 7) is 9.90. The number of hydrogen-bond acceptors (Lipinski definition) is 3. The highest BCUT2D eigenvalue weighted by atomic mass is 16.5. The van der Waals surface area contributed by atoms with Crippen molar-refractivity contribution in [1.82, 2.24) is 10.2 Å². The number of rotatable bonds is 9. The van der Waals surface area contributed by atoms with Gasteiger partial charge in [0, 0.05) is 12.6 Å². The number of benzene rings is 2. The van der Waals surface area contributed by atoms with E-state index in [4.69, 9.17) is 4.74 Å². The van der Waals surface area contributed by atoms with Gasteiger partial charge in [0.25, 0.3) is 5.91 Å². The van der Waals surface area contributed by atoms with Crippen LogP contribution in [0.1, 0.15) is 37.5 Å². The zero-order valence-corrected chi connectivity index (χ0v) is 18.1. The van der Waals surface area contributed by atoms with Crippen LogP contribution in [0.4, 0.5) is 0 Å². The molecule has 0 aliphatic heterocycles. The minimum Gasteiger partial charge on any atom is -0.483 e. The molecule has 0 fully saturated rings. The van der Waals surface area contributed by atoms with Crippen LogP contribution in [0.15, 0.2) is 48.5 Å². The van der Waals surface area contributed by atoms with Crippen molar-refractivity contribution in [2.75, 3.05) is 13.2 Å². The first-order valence-electron chi connectivity index (χ1n) is 10.1. The van der Waals surface area contributed by atoms with Gasteiger partial charge in [-0.1, -0.05) is 48.0 Å². The van der Waals surface area contributed by atoms with E-state index in [0.29, 0.717) is 18.7 Å². The van der Waals surface area contributed by atoms with E-state index in [9.17, 15) is 9.59 Å². The zero-order valence-electron chi connectivity index (χ0n) is 18.1. The van der Waals surface area contributed by atoms with Crippen molar-refractivity contribution in [2.24, 2.45) is 0 Å². The maximum Gasteiger partial charge on any atom is 0.261 e. The number of nitrogens with zero attached hydrogens (tertiary/aromatic N) is 1. The normalized spacial score (nSPS) is 11.8. The molecule has 0 aliphatic carbocycles. The first kappa shape index (κ1) is 22.5. The second-order valence-corrected chi connectivity index (χ2v) is 7.72. The highest BCUT2D eigenvalue weighted by Gasteiger charge is 2.26. The summed E-state index contributed by atoms with van der Waals surface area (Å²) in [5.74, 6) is 0.325. The molecule has 0 saturated carbocycles. The van der Waals surface area contributed by atoms with Gasteiger partial charge in [-0.2, -0.15) is 0 Å². The largest absolute Gasteiger partial charge is 0.483 e. The first-order chi connectivity index (χ1) is 13.8. The summed E-state index contributed by atoms with van der Waals surface area (Å²) in [4.78, 5) is 27.1. The van der Waals surface area contributed by atoms with Crippen molar-refractivity contribution in [3.05, 3.63) is 65.2 Å². The minimum absolute atomic E-state index is 0.0162. The number of nitrogens with one attached hydrogen (secondary N) is 1. The molecule has 5 heteroatoms. The number of carbonyl (C=O) groups is 2. The summed E-state index contributed by atoms with van der Waals surface area (Å²) in [7, 11) is 0. The molecule has 156 valence electrons. The summed E-state index contributed by atoms with van der Waals surface area (Å²) in [6, 6.07) is 15.2. The van der Waals surface area contributed by atoms with E-state index in [1.54, 1.807) is 11.8 Å². The van der Waals surface area contributed by atoms with Crippen LogP contribution < -0.4 is 10.1 Å². The molecule has 0 heterocycles. The van der Waals surface area contributed by atoms with Crippen molar-refractivity contribution in [1.29, 1.82) is 0 Å². The van der Waals surface area contributed by atoms with Crippen LogP contribution in [-0.2, 0) is 16.0 Å². The lowest BCUT2D eigenvalue weighted by Gasteiger charge is -2.29. The Balaban J connectivity index is 2.09. The summed E-state index contributed by atoms with van der Waals surface area (Å²) in [5.41, 5.74) is 3.25. The van der Waals surface area contributed by atoms with Crippen LogP contribution in [-0.4, -0.2) is 41.9 Å².